The van der Waals surface area contributed by atoms with Crippen molar-refractivity contribution in [2.24, 2.45) is 0 Å². The van der Waals surface area contributed by atoms with Gasteiger partial charge >= 0.3 is 12.1 Å². The van der Waals surface area contributed by atoms with Gasteiger partial charge in [-0.3, -0.25) is 4.79 Å². The average molecular weight is 504 g/mol. The Balaban J connectivity index is 2.17. The minimum absolute atomic E-state index is 0.0431. The molecule has 1 aromatic heterocycles. The van der Waals surface area contributed by atoms with Crippen LogP contribution in [0.15, 0.2) is 41.3 Å². The Bertz CT molecular complexity index is 1360. The lowest BCUT2D eigenvalue weighted by Crippen LogP contribution is -2.30. The standard InChI is InChI=1S/C22H18ClF4NO4S/c1-33(31,32)17-10-14(24)9-16-15-7-4-12(8-18(29)30)19(15)28(20(16)17)21(22(25,26)27)11-2-5-13(23)6-3-11/h2-3,5-6,9-10,12,21H,4,7-8H2,1H3,(H,29,30)/t12-,21-/m1/s1. The van der Waals surface area contributed by atoms with Gasteiger partial charge in [0, 0.05) is 28.3 Å². The van der Waals surface area contributed by atoms with Crippen molar-refractivity contribution in [1.29, 1.82) is 0 Å². The number of hydrogen-bond acceptors (Lipinski definition) is 3. The third-order valence-electron chi connectivity index (χ3n) is 5.88. The van der Waals surface area contributed by atoms with E-state index in [1.165, 1.54) is 24.3 Å². The Hall–Kier alpha value is -2.59. The molecule has 1 N–H and O–H groups in total. The number of aryl methyl sites for hydroxylation is 1. The summed E-state index contributed by atoms with van der Waals surface area (Å²) in [6, 6.07) is 4.32. The number of aromatic nitrogens is 1. The molecule has 0 radical (unpaired) electrons. The van der Waals surface area contributed by atoms with Crippen LogP contribution in [0.5, 0.6) is 0 Å². The molecule has 2 aromatic carbocycles. The quantitative estimate of drug-likeness (QED) is 0.467. The molecule has 0 fully saturated rings. The summed E-state index contributed by atoms with van der Waals surface area (Å²) in [5.74, 6) is -2.90. The minimum atomic E-state index is -4.88. The van der Waals surface area contributed by atoms with Gasteiger partial charge in [0.05, 0.1) is 16.8 Å². The van der Waals surface area contributed by atoms with E-state index in [4.69, 9.17) is 11.6 Å². The number of fused-ring (bicyclic) bond motifs is 3. The fourth-order valence-corrected chi connectivity index (χ4v) is 5.72. The topological polar surface area (TPSA) is 76.4 Å². The number of carboxylic acids is 1. The third-order valence-corrected chi connectivity index (χ3v) is 7.24. The van der Waals surface area contributed by atoms with Crippen molar-refractivity contribution < 1.29 is 35.9 Å². The number of halogens is 5. The molecule has 3 aromatic rings. The maximum atomic E-state index is 14.6. The first-order chi connectivity index (χ1) is 15.3. The van der Waals surface area contributed by atoms with Crippen LogP contribution in [-0.4, -0.2) is 36.5 Å². The van der Waals surface area contributed by atoms with E-state index >= 15 is 0 Å². The fourth-order valence-electron chi connectivity index (χ4n) is 4.71. The van der Waals surface area contributed by atoms with E-state index in [9.17, 15) is 35.9 Å². The van der Waals surface area contributed by atoms with E-state index in [0.717, 1.165) is 16.9 Å². The Morgan fingerprint density at radius 1 is 1.24 bits per heavy atom. The third kappa shape index (κ3) is 4.21. The summed E-state index contributed by atoms with van der Waals surface area (Å²) in [7, 11) is -4.14. The Morgan fingerprint density at radius 2 is 1.88 bits per heavy atom. The van der Waals surface area contributed by atoms with Crippen LogP contribution in [0.2, 0.25) is 5.02 Å². The van der Waals surface area contributed by atoms with Crippen LogP contribution in [0, 0.1) is 5.82 Å². The maximum absolute atomic E-state index is 14.6. The van der Waals surface area contributed by atoms with Gasteiger partial charge in [-0.2, -0.15) is 13.2 Å². The normalized spacial score (nSPS) is 17.3. The molecule has 0 saturated carbocycles. The number of aliphatic carboxylic acids is 1. The number of alkyl halides is 3. The molecule has 1 aliphatic rings. The summed E-state index contributed by atoms with van der Waals surface area (Å²) < 4.78 is 84.0. The van der Waals surface area contributed by atoms with Crippen LogP contribution in [0.25, 0.3) is 10.9 Å². The monoisotopic (exact) mass is 503 g/mol. The number of hydrogen-bond donors (Lipinski definition) is 1. The first-order valence-electron chi connectivity index (χ1n) is 9.89. The predicted octanol–water partition coefficient (Wildman–Crippen LogP) is 5.49. The Labute approximate surface area is 191 Å². The maximum Gasteiger partial charge on any atom is 0.413 e. The van der Waals surface area contributed by atoms with Crippen LogP contribution >= 0.6 is 11.6 Å². The van der Waals surface area contributed by atoms with E-state index in [1.807, 2.05) is 0 Å². The molecule has 33 heavy (non-hydrogen) atoms. The zero-order valence-corrected chi connectivity index (χ0v) is 18.7. The number of sulfone groups is 1. The summed E-state index contributed by atoms with van der Waals surface area (Å²) >= 11 is 5.85. The summed E-state index contributed by atoms with van der Waals surface area (Å²) in [5.41, 5.74) is -0.0864. The highest BCUT2D eigenvalue weighted by Gasteiger charge is 2.47. The van der Waals surface area contributed by atoms with Gasteiger partial charge in [-0.1, -0.05) is 23.7 Å². The zero-order valence-electron chi connectivity index (χ0n) is 17.2. The molecule has 0 bridgehead atoms. The molecular formula is C22H18ClF4NO4S. The Kier molecular flexibility index (Phi) is 5.73. The van der Waals surface area contributed by atoms with E-state index in [2.05, 4.69) is 0 Å². The van der Waals surface area contributed by atoms with Crippen molar-refractivity contribution in [2.45, 2.75) is 42.3 Å². The van der Waals surface area contributed by atoms with Gasteiger partial charge in [0.1, 0.15) is 5.82 Å². The molecule has 0 spiro atoms. The van der Waals surface area contributed by atoms with Crippen LogP contribution in [0.4, 0.5) is 17.6 Å². The van der Waals surface area contributed by atoms with Crippen molar-refractivity contribution >= 4 is 38.3 Å². The Morgan fingerprint density at radius 3 is 2.42 bits per heavy atom. The number of carbonyl (C=O) groups is 1. The van der Waals surface area contributed by atoms with Gasteiger partial charge in [-0.05, 0) is 48.2 Å². The van der Waals surface area contributed by atoms with Crippen molar-refractivity contribution in [3.05, 3.63) is 64.1 Å². The largest absolute Gasteiger partial charge is 0.481 e. The molecule has 0 unspecified atom stereocenters. The van der Waals surface area contributed by atoms with Gasteiger partial charge in [0.2, 0.25) is 0 Å². The molecule has 5 nitrogen and oxygen atoms in total. The van der Waals surface area contributed by atoms with Crippen molar-refractivity contribution in [3.63, 3.8) is 0 Å². The first-order valence-corrected chi connectivity index (χ1v) is 12.2. The highest BCUT2D eigenvalue weighted by atomic mass is 35.5. The van der Waals surface area contributed by atoms with Crippen molar-refractivity contribution in [2.75, 3.05) is 6.26 Å². The highest BCUT2D eigenvalue weighted by Crippen LogP contribution is 2.49. The summed E-state index contributed by atoms with van der Waals surface area (Å²) in [4.78, 5) is 10.9. The molecule has 1 heterocycles. The van der Waals surface area contributed by atoms with Gasteiger partial charge in [-0.15, -0.1) is 0 Å². The lowest BCUT2D eigenvalue weighted by molar-refractivity contribution is -0.156. The highest BCUT2D eigenvalue weighted by molar-refractivity contribution is 7.91. The van der Waals surface area contributed by atoms with Crippen molar-refractivity contribution in [1.82, 2.24) is 4.57 Å². The molecule has 0 saturated heterocycles. The van der Waals surface area contributed by atoms with Gasteiger partial charge in [0.15, 0.2) is 15.9 Å². The molecule has 176 valence electrons. The van der Waals surface area contributed by atoms with E-state index in [-0.39, 0.29) is 40.0 Å². The molecule has 0 amide bonds. The van der Waals surface area contributed by atoms with Crippen LogP contribution < -0.4 is 0 Å². The molecule has 4 rings (SSSR count). The second kappa shape index (κ2) is 8.02. The predicted molar refractivity (Wildman–Crippen MR) is 114 cm³/mol. The zero-order chi connectivity index (χ0) is 24.3. The summed E-state index contributed by atoms with van der Waals surface area (Å²) in [6.07, 6.45) is -4.07. The minimum Gasteiger partial charge on any atom is -0.481 e. The summed E-state index contributed by atoms with van der Waals surface area (Å²) in [6.45, 7) is 0. The summed E-state index contributed by atoms with van der Waals surface area (Å²) in [5, 5.41) is 9.59. The molecule has 2 atom stereocenters. The van der Waals surface area contributed by atoms with E-state index in [0.29, 0.717) is 11.6 Å². The van der Waals surface area contributed by atoms with E-state index in [1.54, 1.807) is 0 Å². The second-order valence-electron chi connectivity index (χ2n) is 8.14. The number of nitrogens with zero attached hydrogens (tertiary/aromatic N) is 1. The SMILES string of the molecule is CS(=O)(=O)c1cc(F)cc2c3c(n([C@H](c4ccc(Cl)cc4)C(F)(F)F)c12)[C@@H](CC(=O)O)CC3. The van der Waals surface area contributed by atoms with Crippen molar-refractivity contribution in [3.8, 4) is 0 Å². The van der Waals surface area contributed by atoms with Gasteiger partial charge < -0.3 is 9.67 Å². The molecule has 1 aliphatic carbocycles. The average Bonchev–Trinajstić information content (AvgIpc) is 3.20. The molecule has 0 aliphatic heterocycles. The number of carboxylic acid groups (broad SMARTS) is 1. The lowest BCUT2D eigenvalue weighted by atomic mass is 10.0. The lowest BCUT2D eigenvalue weighted by Gasteiger charge is -2.28. The fraction of sp³-hybridized carbons (Fsp3) is 0.318. The van der Waals surface area contributed by atoms with E-state index < -0.39 is 51.1 Å². The van der Waals surface area contributed by atoms with Crippen LogP contribution in [0.1, 0.15) is 41.6 Å². The molecular weight excluding hydrogens is 486 g/mol. The van der Waals surface area contributed by atoms with Crippen LogP contribution in [-0.2, 0) is 21.1 Å². The number of rotatable bonds is 5. The number of benzene rings is 2. The van der Waals surface area contributed by atoms with Gasteiger partial charge in [0.25, 0.3) is 0 Å². The first kappa shape index (κ1) is 23.6. The van der Waals surface area contributed by atoms with Gasteiger partial charge in [-0.25, -0.2) is 12.8 Å². The second-order valence-corrected chi connectivity index (χ2v) is 10.6. The smallest absolute Gasteiger partial charge is 0.413 e. The van der Waals surface area contributed by atoms with Crippen LogP contribution in [0.3, 0.4) is 0 Å². The molecule has 11 heteroatoms.